The molecule has 3 aromatic rings. The van der Waals surface area contributed by atoms with Crippen LogP contribution in [-0.4, -0.2) is 17.1 Å². The minimum absolute atomic E-state index is 0.147. The third-order valence-electron chi connectivity index (χ3n) is 5.55. The van der Waals surface area contributed by atoms with Gasteiger partial charge >= 0.3 is 0 Å². The van der Waals surface area contributed by atoms with Crippen molar-refractivity contribution in [2.45, 2.75) is 25.1 Å². The van der Waals surface area contributed by atoms with Gasteiger partial charge in [-0.3, -0.25) is 14.5 Å². The number of nitrogens with one attached hydrogen (secondary N) is 1. The number of halogens is 1. The first-order valence-electron chi connectivity index (χ1n) is 10.7. The second kappa shape index (κ2) is 10.4. The SMILES string of the molecule is Cc1ccccc1C[C@@H]1S/C(=C(/C#N)C(=O)NCc2ccccc2)N(c2ccc(F)cc2)C1=O. The summed E-state index contributed by atoms with van der Waals surface area (Å²) in [6.07, 6.45) is 0.446. The van der Waals surface area contributed by atoms with Crippen LogP contribution in [0.3, 0.4) is 0 Å². The highest BCUT2D eigenvalue weighted by atomic mass is 32.2. The Morgan fingerprint density at radius 3 is 2.41 bits per heavy atom. The number of carbonyl (C=O) groups excluding carboxylic acids is 2. The number of thioether (sulfide) groups is 1. The molecular weight excluding hydrogens is 449 g/mol. The molecule has 0 saturated carbocycles. The van der Waals surface area contributed by atoms with E-state index in [1.165, 1.54) is 40.9 Å². The average molecular weight is 472 g/mol. The van der Waals surface area contributed by atoms with Crippen LogP contribution in [-0.2, 0) is 22.6 Å². The van der Waals surface area contributed by atoms with Crippen LogP contribution in [0.4, 0.5) is 10.1 Å². The Kier molecular flexibility index (Phi) is 7.09. The summed E-state index contributed by atoms with van der Waals surface area (Å²) in [4.78, 5) is 27.8. The van der Waals surface area contributed by atoms with E-state index in [2.05, 4.69) is 5.32 Å². The minimum Gasteiger partial charge on any atom is -0.347 e. The molecule has 1 aliphatic heterocycles. The highest BCUT2D eigenvalue weighted by Gasteiger charge is 2.41. The largest absolute Gasteiger partial charge is 0.347 e. The maximum Gasteiger partial charge on any atom is 0.264 e. The number of aryl methyl sites for hydroxylation is 1. The molecule has 1 atom stereocenters. The number of benzene rings is 3. The summed E-state index contributed by atoms with van der Waals surface area (Å²) in [6.45, 7) is 2.23. The molecule has 5 nitrogen and oxygen atoms in total. The fourth-order valence-electron chi connectivity index (χ4n) is 3.72. The molecule has 1 heterocycles. The molecule has 4 rings (SSSR count). The monoisotopic (exact) mass is 471 g/mol. The Morgan fingerprint density at radius 2 is 1.74 bits per heavy atom. The van der Waals surface area contributed by atoms with Crippen molar-refractivity contribution in [2.75, 3.05) is 4.90 Å². The van der Waals surface area contributed by atoms with Crippen molar-refractivity contribution in [1.82, 2.24) is 5.32 Å². The summed E-state index contributed by atoms with van der Waals surface area (Å²) < 4.78 is 13.6. The lowest BCUT2D eigenvalue weighted by Gasteiger charge is -2.18. The normalized spacial score (nSPS) is 16.8. The van der Waals surface area contributed by atoms with E-state index in [4.69, 9.17) is 0 Å². The van der Waals surface area contributed by atoms with Crippen LogP contribution < -0.4 is 10.2 Å². The summed E-state index contributed by atoms with van der Waals surface area (Å²) in [6, 6.07) is 24.6. The van der Waals surface area contributed by atoms with Gasteiger partial charge in [-0.25, -0.2) is 4.39 Å². The van der Waals surface area contributed by atoms with Crippen molar-refractivity contribution >= 4 is 29.3 Å². The fraction of sp³-hybridized carbons (Fsp3) is 0.148. The molecule has 2 amide bonds. The molecule has 34 heavy (non-hydrogen) atoms. The van der Waals surface area contributed by atoms with Gasteiger partial charge in [-0.05, 0) is 54.3 Å². The molecule has 0 radical (unpaired) electrons. The maximum atomic E-state index is 13.6. The predicted octanol–water partition coefficient (Wildman–Crippen LogP) is 4.88. The van der Waals surface area contributed by atoms with E-state index in [1.807, 2.05) is 67.6 Å². The lowest BCUT2D eigenvalue weighted by Crippen LogP contribution is -2.32. The zero-order valence-corrected chi connectivity index (χ0v) is 19.3. The number of nitrogens with zero attached hydrogens (tertiary/aromatic N) is 2. The van der Waals surface area contributed by atoms with Crippen molar-refractivity contribution in [3.8, 4) is 6.07 Å². The minimum atomic E-state index is -0.565. The molecular formula is C27H22FN3O2S. The number of nitriles is 1. The third-order valence-corrected chi connectivity index (χ3v) is 6.82. The van der Waals surface area contributed by atoms with Gasteiger partial charge in [-0.2, -0.15) is 5.26 Å². The zero-order chi connectivity index (χ0) is 24.1. The van der Waals surface area contributed by atoms with Crippen LogP contribution in [0.15, 0.2) is 89.5 Å². The van der Waals surface area contributed by atoms with Crippen LogP contribution in [0, 0.1) is 24.1 Å². The maximum absolute atomic E-state index is 13.6. The molecule has 7 heteroatoms. The smallest absolute Gasteiger partial charge is 0.264 e. The number of amides is 2. The Balaban J connectivity index is 1.68. The fourth-order valence-corrected chi connectivity index (χ4v) is 5.01. The van der Waals surface area contributed by atoms with E-state index in [9.17, 15) is 19.2 Å². The quantitative estimate of drug-likeness (QED) is 0.411. The van der Waals surface area contributed by atoms with E-state index < -0.39 is 17.0 Å². The van der Waals surface area contributed by atoms with Gasteiger partial charge in [-0.15, -0.1) is 0 Å². The second-order valence-electron chi connectivity index (χ2n) is 7.85. The number of carbonyl (C=O) groups is 2. The van der Waals surface area contributed by atoms with E-state index in [0.29, 0.717) is 12.1 Å². The summed E-state index contributed by atoms with van der Waals surface area (Å²) in [5, 5.41) is 12.4. The molecule has 0 aliphatic carbocycles. The molecule has 1 aliphatic rings. The molecule has 0 aromatic heterocycles. The Hall–Kier alpha value is -3.89. The van der Waals surface area contributed by atoms with Crippen LogP contribution in [0.2, 0.25) is 0 Å². The first kappa shape index (κ1) is 23.3. The van der Waals surface area contributed by atoms with Crippen molar-refractivity contribution in [1.29, 1.82) is 5.26 Å². The van der Waals surface area contributed by atoms with Gasteiger partial charge in [0.1, 0.15) is 22.5 Å². The van der Waals surface area contributed by atoms with Crippen molar-refractivity contribution in [3.05, 3.63) is 112 Å². The van der Waals surface area contributed by atoms with Gasteiger partial charge in [0.25, 0.3) is 5.91 Å². The predicted molar refractivity (Wildman–Crippen MR) is 131 cm³/mol. The van der Waals surface area contributed by atoms with Crippen LogP contribution in [0.5, 0.6) is 0 Å². The molecule has 1 N–H and O–H groups in total. The average Bonchev–Trinajstić information content (AvgIpc) is 3.16. The number of rotatable bonds is 6. The van der Waals surface area contributed by atoms with Gasteiger partial charge in [0, 0.05) is 12.2 Å². The standard InChI is InChI=1S/C27H22FN3O2S/c1-18-7-5-6-10-20(18)15-24-26(33)31(22-13-11-21(28)12-14-22)27(34-24)23(16-29)25(32)30-17-19-8-3-2-4-9-19/h2-14,24H,15,17H2,1H3,(H,30,32)/b27-23-/t24-/m0/s1. The lowest BCUT2D eigenvalue weighted by atomic mass is 10.0. The molecule has 1 saturated heterocycles. The lowest BCUT2D eigenvalue weighted by molar-refractivity contribution is -0.117. The zero-order valence-electron chi connectivity index (χ0n) is 18.5. The Morgan fingerprint density at radius 1 is 1.06 bits per heavy atom. The van der Waals surface area contributed by atoms with Gasteiger partial charge in [0.15, 0.2) is 0 Å². The first-order chi connectivity index (χ1) is 16.5. The van der Waals surface area contributed by atoms with Crippen LogP contribution in [0.25, 0.3) is 0 Å². The molecule has 1 fully saturated rings. The highest BCUT2D eigenvalue weighted by Crippen LogP contribution is 2.42. The molecule has 0 spiro atoms. The highest BCUT2D eigenvalue weighted by molar-refractivity contribution is 8.05. The van der Waals surface area contributed by atoms with Gasteiger partial charge in [0.2, 0.25) is 5.91 Å². The van der Waals surface area contributed by atoms with Gasteiger partial charge < -0.3 is 5.32 Å². The Bertz CT molecular complexity index is 1280. The van der Waals surface area contributed by atoms with E-state index in [-0.39, 0.29) is 23.1 Å². The van der Waals surface area contributed by atoms with E-state index in [1.54, 1.807) is 0 Å². The third kappa shape index (κ3) is 5.03. The second-order valence-corrected chi connectivity index (χ2v) is 9.04. The molecule has 0 unspecified atom stereocenters. The van der Waals surface area contributed by atoms with E-state index >= 15 is 0 Å². The number of hydrogen-bond acceptors (Lipinski definition) is 4. The van der Waals surface area contributed by atoms with Crippen molar-refractivity contribution in [3.63, 3.8) is 0 Å². The van der Waals surface area contributed by atoms with E-state index in [0.717, 1.165) is 16.7 Å². The summed E-state index contributed by atoms with van der Waals surface area (Å²) in [5.41, 5.74) is 3.22. The van der Waals surface area contributed by atoms with Crippen LogP contribution in [0.1, 0.15) is 16.7 Å². The van der Waals surface area contributed by atoms with Crippen molar-refractivity contribution in [2.24, 2.45) is 0 Å². The molecule has 170 valence electrons. The summed E-state index contributed by atoms with van der Waals surface area (Å²) >= 11 is 1.19. The molecule has 3 aromatic carbocycles. The first-order valence-corrected chi connectivity index (χ1v) is 11.6. The van der Waals surface area contributed by atoms with Gasteiger partial charge in [0.05, 0.1) is 5.25 Å². The van der Waals surface area contributed by atoms with Crippen LogP contribution >= 0.6 is 11.8 Å². The number of anilines is 1. The topological polar surface area (TPSA) is 73.2 Å². The molecule has 0 bridgehead atoms. The number of hydrogen-bond donors (Lipinski definition) is 1. The Labute approximate surface area is 201 Å². The summed E-state index contributed by atoms with van der Waals surface area (Å²) in [7, 11) is 0. The summed E-state index contributed by atoms with van der Waals surface area (Å²) in [5.74, 6) is -1.25. The van der Waals surface area contributed by atoms with Gasteiger partial charge in [-0.1, -0.05) is 66.4 Å². The van der Waals surface area contributed by atoms with Crippen molar-refractivity contribution < 1.29 is 14.0 Å².